The minimum Gasteiger partial charge on any atom is -0.352 e. The molecule has 1 saturated carbocycles. The third-order valence-corrected chi connectivity index (χ3v) is 5.80. The monoisotopic (exact) mass is 404 g/mol. The lowest BCUT2D eigenvalue weighted by molar-refractivity contribution is -0.122. The van der Waals surface area contributed by atoms with Gasteiger partial charge in [-0.15, -0.1) is 0 Å². The summed E-state index contributed by atoms with van der Waals surface area (Å²) >= 11 is 0. The standard InChI is InChI=1S/C24H28N4O2/c1-17-9-5-6-12-19(17)24(30)25-15-22-27-20-13-7-8-14-21(20)28(22)16-23(29)26-18-10-3-2-4-11-18/h5-9,12-14,18H,2-4,10-11,15-16H2,1H3,(H,25,30)(H,26,29). The van der Waals surface area contributed by atoms with Crippen molar-refractivity contribution in [2.24, 2.45) is 0 Å². The van der Waals surface area contributed by atoms with Crippen LogP contribution >= 0.6 is 0 Å². The Morgan fingerprint density at radius 2 is 1.77 bits per heavy atom. The largest absolute Gasteiger partial charge is 0.352 e. The number of nitrogens with zero attached hydrogens (tertiary/aromatic N) is 2. The molecule has 0 saturated heterocycles. The highest BCUT2D eigenvalue weighted by molar-refractivity contribution is 5.95. The molecule has 2 aromatic carbocycles. The molecule has 1 aliphatic carbocycles. The summed E-state index contributed by atoms with van der Waals surface area (Å²) in [6.45, 7) is 2.38. The number of aryl methyl sites for hydroxylation is 1. The minimum absolute atomic E-state index is 0.00321. The van der Waals surface area contributed by atoms with Gasteiger partial charge in [0.25, 0.3) is 5.91 Å². The van der Waals surface area contributed by atoms with E-state index in [9.17, 15) is 9.59 Å². The van der Waals surface area contributed by atoms with Crippen molar-refractivity contribution in [3.8, 4) is 0 Å². The second-order valence-corrected chi connectivity index (χ2v) is 8.00. The van der Waals surface area contributed by atoms with E-state index in [0.717, 1.165) is 29.4 Å². The van der Waals surface area contributed by atoms with Crippen LogP contribution in [0.25, 0.3) is 11.0 Å². The van der Waals surface area contributed by atoms with Crippen LogP contribution in [0.5, 0.6) is 0 Å². The molecule has 0 atom stereocenters. The van der Waals surface area contributed by atoms with Crippen LogP contribution in [0.2, 0.25) is 0 Å². The van der Waals surface area contributed by atoms with Gasteiger partial charge < -0.3 is 15.2 Å². The molecule has 156 valence electrons. The summed E-state index contributed by atoms with van der Waals surface area (Å²) in [7, 11) is 0. The average molecular weight is 405 g/mol. The summed E-state index contributed by atoms with van der Waals surface area (Å²) in [6.07, 6.45) is 5.71. The average Bonchev–Trinajstić information content (AvgIpc) is 3.10. The van der Waals surface area contributed by atoms with Gasteiger partial charge in [-0.05, 0) is 43.5 Å². The molecule has 1 aliphatic rings. The molecule has 0 spiro atoms. The van der Waals surface area contributed by atoms with Gasteiger partial charge in [-0.1, -0.05) is 49.6 Å². The zero-order valence-corrected chi connectivity index (χ0v) is 17.4. The highest BCUT2D eigenvalue weighted by Crippen LogP contribution is 2.19. The van der Waals surface area contributed by atoms with Crippen LogP contribution in [-0.2, 0) is 17.9 Å². The molecule has 30 heavy (non-hydrogen) atoms. The minimum atomic E-state index is -0.140. The van der Waals surface area contributed by atoms with Crippen LogP contribution < -0.4 is 10.6 Å². The van der Waals surface area contributed by atoms with Gasteiger partial charge in [-0.25, -0.2) is 4.98 Å². The predicted octanol–water partition coefficient (Wildman–Crippen LogP) is 3.72. The Kier molecular flexibility index (Phi) is 6.12. The normalized spacial score (nSPS) is 14.6. The zero-order valence-electron chi connectivity index (χ0n) is 17.4. The Bertz CT molecular complexity index is 1050. The maximum Gasteiger partial charge on any atom is 0.251 e. The van der Waals surface area contributed by atoms with Crippen LogP contribution in [-0.4, -0.2) is 27.4 Å². The van der Waals surface area contributed by atoms with Gasteiger partial charge in [0.15, 0.2) is 0 Å². The van der Waals surface area contributed by atoms with Crippen molar-refractivity contribution in [3.05, 3.63) is 65.5 Å². The summed E-state index contributed by atoms with van der Waals surface area (Å²) in [5, 5.41) is 6.13. The first kappa shape index (κ1) is 20.1. The lowest BCUT2D eigenvalue weighted by atomic mass is 9.95. The van der Waals surface area contributed by atoms with E-state index in [1.165, 1.54) is 19.3 Å². The number of hydrogen-bond donors (Lipinski definition) is 2. The fourth-order valence-electron chi connectivity index (χ4n) is 4.18. The van der Waals surface area contributed by atoms with Gasteiger partial charge in [0.2, 0.25) is 5.91 Å². The Balaban J connectivity index is 1.50. The zero-order chi connectivity index (χ0) is 20.9. The molecule has 1 fully saturated rings. The van der Waals surface area contributed by atoms with Crippen LogP contribution in [0.4, 0.5) is 0 Å². The fourth-order valence-corrected chi connectivity index (χ4v) is 4.18. The van der Waals surface area contributed by atoms with Crippen molar-refractivity contribution >= 4 is 22.8 Å². The Morgan fingerprint density at radius 1 is 1.03 bits per heavy atom. The fraction of sp³-hybridized carbons (Fsp3) is 0.375. The summed E-state index contributed by atoms with van der Waals surface area (Å²) in [4.78, 5) is 30.0. The van der Waals surface area contributed by atoms with Crippen LogP contribution in [0.15, 0.2) is 48.5 Å². The SMILES string of the molecule is Cc1ccccc1C(=O)NCc1nc2ccccc2n1CC(=O)NC1CCCCC1. The van der Waals surface area contributed by atoms with E-state index >= 15 is 0 Å². The first-order valence-corrected chi connectivity index (χ1v) is 10.7. The number of aromatic nitrogens is 2. The molecule has 3 aromatic rings. The molecule has 2 amide bonds. The third-order valence-electron chi connectivity index (χ3n) is 5.80. The second-order valence-electron chi connectivity index (χ2n) is 8.00. The molecular formula is C24H28N4O2. The molecule has 1 heterocycles. The van der Waals surface area contributed by atoms with Crippen molar-refractivity contribution in [2.45, 2.75) is 58.2 Å². The molecule has 0 aliphatic heterocycles. The van der Waals surface area contributed by atoms with Crippen molar-refractivity contribution < 1.29 is 9.59 Å². The van der Waals surface area contributed by atoms with Gasteiger partial charge >= 0.3 is 0 Å². The number of amides is 2. The number of rotatable bonds is 6. The Labute approximate surface area is 176 Å². The summed E-state index contributed by atoms with van der Waals surface area (Å²) in [5.41, 5.74) is 3.30. The number of para-hydroxylation sites is 2. The van der Waals surface area contributed by atoms with E-state index in [-0.39, 0.29) is 30.9 Å². The Hall–Kier alpha value is -3.15. The number of carbonyl (C=O) groups excluding carboxylic acids is 2. The second kappa shape index (κ2) is 9.11. The number of hydrogen-bond acceptors (Lipinski definition) is 3. The molecule has 4 rings (SSSR count). The number of carbonyl (C=O) groups is 2. The van der Waals surface area contributed by atoms with Crippen molar-refractivity contribution in [1.29, 1.82) is 0 Å². The van der Waals surface area contributed by atoms with Crippen molar-refractivity contribution in [1.82, 2.24) is 20.2 Å². The maximum absolute atomic E-state index is 12.7. The van der Waals surface area contributed by atoms with Gasteiger partial charge in [-0.3, -0.25) is 9.59 Å². The molecule has 0 bridgehead atoms. The first-order chi connectivity index (χ1) is 14.6. The highest BCUT2D eigenvalue weighted by Gasteiger charge is 2.19. The summed E-state index contributed by atoms with van der Waals surface area (Å²) in [5.74, 6) is 0.534. The van der Waals surface area contributed by atoms with Crippen LogP contribution in [0.1, 0.15) is 53.8 Å². The number of nitrogens with one attached hydrogen (secondary N) is 2. The van der Waals surface area contributed by atoms with Gasteiger partial charge in [0.05, 0.1) is 17.6 Å². The number of fused-ring (bicyclic) bond motifs is 1. The topological polar surface area (TPSA) is 76.0 Å². The maximum atomic E-state index is 12.7. The van der Waals surface area contributed by atoms with Crippen LogP contribution in [0, 0.1) is 6.92 Å². The highest BCUT2D eigenvalue weighted by atomic mass is 16.2. The van der Waals surface area contributed by atoms with E-state index in [2.05, 4.69) is 15.6 Å². The van der Waals surface area contributed by atoms with Gasteiger partial charge in [0, 0.05) is 11.6 Å². The lowest BCUT2D eigenvalue weighted by Gasteiger charge is -2.23. The molecule has 6 heteroatoms. The number of imidazole rings is 1. The van der Waals surface area contributed by atoms with Gasteiger partial charge in [0.1, 0.15) is 12.4 Å². The van der Waals surface area contributed by atoms with E-state index in [0.29, 0.717) is 11.4 Å². The smallest absolute Gasteiger partial charge is 0.251 e. The van der Waals surface area contributed by atoms with Crippen LogP contribution in [0.3, 0.4) is 0 Å². The summed E-state index contributed by atoms with van der Waals surface area (Å²) < 4.78 is 1.91. The molecule has 1 aromatic heterocycles. The van der Waals surface area contributed by atoms with Gasteiger partial charge in [-0.2, -0.15) is 0 Å². The Morgan fingerprint density at radius 3 is 2.57 bits per heavy atom. The quantitative estimate of drug-likeness (QED) is 0.657. The molecule has 2 N–H and O–H groups in total. The van der Waals surface area contributed by atoms with E-state index in [4.69, 9.17) is 0 Å². The van der Waals surface area contributed by atoms with Crippen molar-refractivity contribution in [2.75, 3.05) is 0 Å². The summed E-state index contributed by atoms with van der Waals surface area (Å²) in [6, 6.07) is 15.5. The predicted molar refractivity (Wildman–Crippen MR) is 117 cm³/mol. The molecule has 6 nitrogen and oxygen atoms in total. The van der Waals surface area contributed by atoms with E-state index in [1.54, 1.807) is 0 Å². The van der Waals surface area contributed by atoms with Crippen molar-refractivity contribution in [3.63, 3.8) is 0 Å². The first-order valence-electron chi connectivity index (χ1n) is 10.7. The number of benzene rings is 2. The molecule has 0 radical (unpaired) electrons. The molecular weight excluding hydrogens is 376 g/mol. The van der Waals surface area contributed by atoms with E-state index in [1.807, 2.05) is 60.0 Å². The lowest BCUT2D eigenvalue weighted by Crippen LogP contribution is -2.38. The van der Waals surface area contributed by atoms with E-state index < -0.39 is 0 Å². The third kappa shape index (κ3) is 4.53. The molecule has 0 unspecified atom stereocenters.